The summed E-state index contributed by atoms with van der Waals surface area (Å²) in [5.41, 5.74) is 2.17. The molecule has 1 fully saturated rings. The highest BCUT2D eigenvalue weighted by molar-refractivity contribution is 5.94. The lowest BCUT2D eigenvalue weighted by atomic mass is 10.2. The zero-order chi connectivity index (χ0) is 11.7. The number of aryl methyl sites for hydroxylation is 1. The monoisotopic (exact) mass is 225 g/mol. The van der Waals surface area contributed by atoms with E-state index in [1.165, 1.54) is 0 Å². The normalized spacial score (nSPS) is 20.4. The summed E-state index contributed by atoms with van der Waals surface area (Å²) in [6.45, 7) is 3.90. The Morgan fingerprint density at radius 2 is 2.38 bits per heavy atom. The number of aromatic nitrogens is 2. The molecule has 0 saturated carbocycles. The fourth-order valence-corrected chi connectivity index (χ4v) is 2.09. The van der Waals surface area contributed by atoms with Gasteiger partial charge in [0.15, 0.2) is 5.69 Å². The topological polar surface area (TPSA) is 49.0 Å². The number of hydrogen-bond acceptors (Lipinski definition) is 2. The molecular formula is C11H16FN3O. The van der Waals surface area contributed by atoms with E-state index < -0.39 is 6.67 Å². The molecule has 1 atom stereocenters. The minimum Gasteiger partial charge on any atom is -0.332 e. The maximum Gasteiger partial charge on any atom is 0.274 e. The molecule has 0 bridgehead atoms. The fraction of sp³-hybridized carbons (Fsp3) is 0.636. The van der Waals surface area contributed by atoms with Crippen molar-refractivity contribution >= 4 is 5.91 Å². The molecule has 2 heterocycles. The minimum absolute atomic E-state index is 0.151. The van der Waals surface area contributed by atoms with Gasteiger partial charge in [0.25, 0.3) is 5.91 Å². The highest BCUT2D eigenvalue weighted by atomic mass is 19.1. The number of likely N-dealkylation sites (tertiary alicyclic amines) is 1. The van der Waals surface area contributed by atoms with Gasteiger partial charge in [-0.15, -0.1) is 0 Å². The van der Waals surface area contributed by atoms with Gasteiger partial charge >= 0.3 is 0 Å². The van der Waals surface area contributed by atoms with Crippen LogP contribution in [0.5, 0.6) is 0 Å². The highest BCUT2D eigenvalue weighted by Crippen LogP contribution is 2.21. The van der Waals surface area contributed by atoms with Crippen molar-refractivity contribution in [2.24, 2.45) is 0 Å². The van der Waals surface area contributed by atoms with Crippen molar-refractivity contribution in [3.63, 3.8) is 0 Å². The van der Waals surface area contributed by atoms with Crippen molar-refractivity contribution in [1.29, 1.82) is 0 Å². The van der Waals surface area contributed by atoms with Crippen molar-refractivity contribution in [2.75, 3.05) is 13.2 Å². The number of H-pyrrole nitrogens is 1. The Morgan fingerprint density at radius 3 is 2.94 bits per heavy atom. The summed E-state index contributed by atoms with van der Waals surface area (Å²) in [7, 11) is 0. The van der Waals surface area contributed by atoms with E-state index in [1.54, 1.807) is 4.90 Å². The fourth-order valence-electron chi connectivity index (χ4n) is 2.09. The molecule has 0 aromatic carbocycles. The number of rotatable bonds is 2. The predicted octanol–water partition coefficient (Wildman–Crippen LogP) is 1.60. The molecule has 1 aromatic heterocycles. The van der Waals surface area contributed by atoms with Crippen LogP contribution < -0.4 is 0 Å². The Balaban J connectivity index is 2.22. The lowest BCUT2D eigenvalue weighted by molar-refractivity contribution is 0.0709. The molecule has 2 rings (SSSR count). The number of carbonyl (C=O) groups is 1. The molecule has 88 valence electrons. The molecule has 0 radical (unpaired) electrons. The number of hydrogen-bond donors (Lipinski definition) is 1. The molecule has 0 unspecified atom stereocenters. The average molecular weight is 225 g/mol. The van der Waals surface area contributed by atoms with Crippen molar-refractivity contribution in [3.8, 4) is 0 Å². The molecule has 1 amide bonds. The van der Waals surface area contributed by atoms with Gasteiger partial charge in [-0.05, 0) is 26.7 Å². The minimum atomic E-state index is -0.464. The third-order valence-electron chi connectivity index (χ3n) is 3.27. The van der Waals surface area contributed by atoms with Crippen LogP contribution >= 0.6 is 0 Å². The second-order valence-corrected chi connectivity index (χ2v) is 4.27. The van der Waals surface area contributed by atoms with Crippen molar-refractivity contribution in [2.45, 2.75) is 32.7 Å². The Morgan fingerprint density at radius 1 is 1.62 bits per heavy atom. The molecule has 0 spiro atoms. The van der Waals surface area contributed by atoms with Gasteiger partial charge in [-0.25, -0.2) is 4.39 Å². The smallest absolute Gasteiger partial charge is 0.274 e. The summed E-state index contributed by atoms with van der Waals surface area (Å²) in [5.74, 6) is -0.151. The number of alkyl halides is 1. The second kappa shape index (κ2) is 4.23. The molecule has 1 N–H and O–H groups in total. The first kappa shape index (κ1) is 11.1. The number of amides is 1. The molecule has 4 nitrogen and oxygen atoms in total. The van der Waals surface area contributed by atoms with E-state index >= 15 is 0 Å². The van der Waals surface area contributed by atoms with E-state index in [1.807, 2.05) is 13.8 Å². The van der Waals surface area contributed by atoms with Crippen LogP contribution in [-0.4, -0.2) is 40.3 Å². The highest BCUT2D eigenvalue weighted by Gasteiger charge is 2.31. The van der Waals surface area contributed by atoms with E-state index in [0.29, 0.717) is 12.2 Å². The first-order valence-corrected chi connectivity index (χ1v) is 5.53. The molecular weight excluding hydrogens is 209 g/mol. The Hall–Kier alpha value is -1.39. The van der Waals surface area contributed by atoms with Crippen LogP contribution in [0.3, 0.4) is 0 Å². The quantitative estimate of drug-likeness (QED) is 0.831. The first-order chi connectivity index (χ1) is 7.65. The number of halogens is 1. The third-order valence-corrected chi connectivity index (χ3v) is 3.27. The second-order valence-electron chi connectivity index (χ2n) is 4.27. The molecule has 1 saturated heterocycles. The summed E-state index contributed by atoms with van der Waals surface area (Å²) in [6.07, 6.45) is 1.63. The standard InChI is InChI=1S/C11H16FN3O/c1-7-8(2)13-14-10(7)11(16)15-5-3-4-9(15)6-12/h9H,3-6H2,1-2H3,(H,13,14)/t9-/m1/s1. The largest absolute Gasteiger partial charge is 0.332 e. The van der Waals surface area contributed by atoms with Crippen molar-refractivity contribution < 1.29 is 9.18 Å². The summed E-state index contributed by atoms with van der Waals surface area (Å²) in [6, 6.07) is -0.260. The number of aromatic amines is 1. The van der Waals surface area contributed by atoms with Gasteiger partial charge in [0.1, 0.15) is 6.67 Å². The van der Waals surface area contributed by atoms with Crippen LogP contribution in [0.25, 0.3) is 0 Å². The van der Waals surface area contributed by atoms with Crippen LogP contribution in [0.1, 0.15) is 34.6 Å². The number of nitrogens with one attached hydrogen (secondary N) is 1. The van der Waals surface area contributed by atoms with Gasteiger partial charge in [-0.1, -0.05) is 0 Å². The molecule has 5 heteroatoms. The summed E-state index contributed by atoms with van der Waals surface area (Å²) in [5, 5.41) is 6.77. The van der Waals surface area contributed by atoms with Gasteiger partial charge < -0.3 is 4.90 Å². The molecule has 1 aromatic rings. The summed E-state index contributed by atoms with van der Waals surface area (Å²) < 4.78 is 12.7. The zero-order valence-corrected chi connectivity index (χ0v) is 9.59. The molecule has 0 aliphatic carbocycles. The van der Waals surface area contributed by atoms with Crippen LogP contribution in [0.2, 0.25) is 0 Å². The van der Waals surface area contributed by atoms with Crippen molar-refractivity contribution in [3.05, 3.63) is 17.0 Å². The first-order valence-electron chi connectivity index (χ1n) is 5.53. The van der Waals surface area contributed by atoms with E-state index in [0.717, 1.165) is 24.1 Å². The lowest BCUT2D eigenvalue weighted by Crippen LogP contribution is -2.37. The number of nitrogens with zero attached hydrogens (tertiary/aromatic N) is 2. The Labute approximate surface area is 93.8 Å². The third kappa shape index (κ3) is 1.70. The summed E-state index contributed by atoms with van der Waals surface area (Å²) >= 11 is 0. The van der Waals surface area contributed by atoms with Crippen molar-refractivity contribution in [1.82, 2.24) is 15.1 Å². The SMILES string of the molecule is Cc1[nH]nc(C(=O)N2CCC[C@@H]2CF)c1C. The zero-order valence-electron chi connectivity index (χ0n) is 9.59. The molecule has 16 heavy (non-hydrogen) atoms. The van der Waals surface area contributed by atoms with E-state index in [-0.39, 0.29) is 11.9 Å². The number of carbonyl (C=O) groups excluding carboxylic acids is 1. The van der Waals surface area contributed by atoms with Gasteiger partial charge in [0.05, 0.1) is 6.04 Å². The maximum absolute atomic E-state index is 12.7. The Kier molecular flexibility index (Phi) is 2.94. The van der Waals surface area contributed by atoms with Crippen LogP contribution in [0.4, 0.5) is 4.39 Å². The predicted molar refractivity (Wildman–Crippen MR) is 58.1 cm³/mol. The maximum atomic E-state index is 12.7. The van der Waals surface area contributed by atoms with E-state index in [2.05, 4.69) is 10.2 Å². The summed E-state index contributed by atoms with van der Waals surface area (Å²) in [4.78, 5) is 13.7. The van der Waals surface area contributed by atoms with E-state index in [9.17, 15) is 9.18 Å². The lowest BCUT2D eigenvalue weighted by Gasteiger charge is -2.21. The van der Waals surface area contributed by atoms with Gasteiger partial charge in [0, 0.05) is 17.8 Å². The van der Waals surface area contributed by atoms with E-state index in [4.69, 9.17) is 0 Å². The van der Waals surface area contributed by atoms with Crippen LogP contribution in [0.15, 0.2) is 0 Å². The Bertz CT molecular complexity index is 402. The van der Waals surface area contributed by atoms with Crippen LogP contribution in [-0.2, 0) is 0 Å². The average Bonchev–Trinajstić information content (AvgIpc) is 2.86. The van der Waals surface area contributed by atoms with Gasteiger partial charge in [-0.2, -0.15) is 5.10 Å². The van der Waals surface area contributed by atoms with Crippen LogP contribution in [0, 0.1) is 13.8 Å². The molecule has 1 aliphatic rings. The molecule has 1 aliphatic heterocycles. The van der Waals surface area contributed by atoms with Gasteiger partial charge in [-0.3, -0.25) is 9.89 Å². The van der Waals surface area contributed by atoms with Gasteiger partial charge in [0.2, 0.25) is 0 Å².